The third-order valence-corrected chi connectivity index (χ3v) is 9.94. The first-order valence-electron chi connectivity index (χ1n) is 12.8. The molecule has 0 spiro atoms. The van der Waals surface area contributed by atoms with Gasteiger partial charge in [-0.1, -0.05) is 58.1 Å². The first-order chi connectivity index (χ1) is 13.8. The summed E-state index contributed by atoms with van der Waals surface area (Å²) in [6, 6.07) is 0. The second kappa shape index (κ2) is 8.64. The van der Waals surface area contributed by atoms with E-state index in [1.54, 1.807) is 5.57 Å². The molecule has 2 saturated carbocycles. The average molecular weight is 405 g/mol. The van der Waals surface area contributed by atoms with Crippen LogP contribution in [0.15, 0.2) is 11.1 Å². The molecular formula is C27H45FO. The summed E-state index contributed by atoms with van der Waals surface area (Å²) in [5.74, 6) is 4.83. The monoisotopic (exact) mass is 404 g/mol. The van der Waals surface area contributed by atoms with Crippen molar-refractivity contribution >= 4 is 0 Å². The van der Waals surface area contributed by atoms with E-state index in [0.717, 1.165) is 49.4 Å². The van der Waals surface area contributed by atoms with E-state index in [2.05, 4.69) is 27.7 Å². The summed E-state index contributed by atoms with van der Waals surface area (Å²) in [5, 5.41) is 10.2. The van der Waals surface area contributed by atoms with E-state index in [-0.39, 0.29) is 18.7 Å². The van der Waals surface area contributed by atoms with E-state index in [4.69, 9.17) is 0 Å². The lowest BCUT2D eigenvalue weighted by Gasteiger charge is -2.54. The van der Waals surface area contributed by atoms with Gasteiger partial charge in [-0.15, -0.1) is 0 Å². The zero-order valence-electron chi connectivity index (χ0n) is 19.4. The molecule has 0 bridgehead atoms. The molecule has 4 aliphatic rings. The zero-order chi connectivity index (χ0) is 20.8. The number of halogens is 1. The number of alkyl halides is 1. The lowest BCUT2D eigenvalue weighted by Crippen LogP contribution is -2.46. The van der Waals surface area contributed by atoms with Crippen molar-refractivity contribution in [1.82, 2.24) is 0 Å². The molecule has 4 aliphatic carbocycles. The van der Waals surface area contributed by atoms with Crippen LogP contribution in [0.1, 0.15) is 98.3 Å². The van der Waals surface area contributed by atoms with Crippen LogP contribution in [0.25, 0.3) is 0 Å². The Morgan fingerprint density at radius 1 is 1.07 bits per heavy atom. The smallest absolute Gasteiger partial charge is 0.0959 e. The number of allylic oxidation sites excluding steroid dienone is 1. The van der Waals surface area contributed by atoms with Crippen LogP contribution in [-0.2, 0) is 0 Å². The Balaban J connectivity index is 1.51. The van der Waals surface area contributed by atoms with Gasteiger partial charge in [-0.3, -0.25) is 4.39 Å². The molecule has 166 valence electrons. The molecule has 0 aromatic rings. The summed E-state index contributed by atoms with van der Waals surface area (Å²) in [6.45, 7) is 9.61. The topological polar surface area (TPSA) is 20.2 Å². The van der Waals surface area contributed by atoms with Gasteiger partial charge in [0.25, 0.3) is 0 Å². The Bertz CT molecular complexity index is 610. The molecular weight excluding hydrogens is 359 g/mol. The van der Waals surface area contributed by atoms with Crippen LogP contribution in [-0.4, -0.2) is 17.9 Å². The number of rotatable bonds is 6. The standard InChI is InChI=1S/C27H45FO/c1-17(2)6-5-7-18(3)25-10-11-26-24-14-19(16-28)23-15-20(29)8-9-21(23)22(24)12-13-27(25,26)4/h17-20,22,24-26,29H,5-16H2,1-4H3/t18-,19?,20+,22-,24-,25-,26+,27-/m1/s1. The maximum Gasteiger partial charge on any atom is 0.0959 e. The lowest BCUT2D eigenvalue weighted by molar-refractivity contribution is -0.0137. The number of aliphatic hydroxyl groups excluding tert-OH is 1. The van der Waals surface area contributed by atoms with Crippen LogP contribution >= 0.6 is 0 Å². The van der Waals surface area contributed by atoms with Gasteiger partial charge in [0.2, 0.25) is 0 Å². The van der Waals surface area contributed by atoms with Gasteiger partial charge in [-0.05, 0) is 92.3 Å². The highest BCUT2D eigenvalue weighted by molar-refractivity contribution is 5.29. The highest BCUT2D eigenvalue weighted by Gasteiger charge is 2.56. The summed E-state index contributed by atoms with van der Waals surface area (Å²) in [7, 11) is 0. The third-order valence-electron chi connectivity index (χ3n) is 9.94. The second-order valence-corrected chi connectivity index (χ2v) is 11.9. The van der Waals surface area contributed by atoms with E-state index in [1.807, 2.05) is 0 Å². The van der Waals surface area contributed by atoms with Crippen molar-refractivity contribution in [1.29, 1.82) is 0 Å². The predicted molar refractivity (Wildman–Crippen MR) is 119 cm³/mol. The number of hydrogen-bond donors (Lipinski definition) is 1. The minimum atomic E-state index is -0.226. The Morgan fingerprint density at radius 3 is 2.59 bits per heavy atom. The van der Waals surface area contributed by atoms with Gasteiger partial charge in [0.1, 0.15) is 0 Å². The Morgan fingerprint density at radius 2 is 1.86 bits per heavy atom. The highest BCUT2D eigenvalue weighted by atomic mass is 19.1. The van der Waals surface area contributed by atoms with Crippen molar-refractivity contribution < 1.29 is 9.50 Å². The first kappa shape index (κ1) is 21.8. The van der Waals surface area contributed by atoms with Crippen molar-refractivity contribution in [3.63, 3.8) is 0 Å². The predicted octanol–water partition coefficient (Wildman–Crippen LogP) is 7.34. The average Bonchev–Trinajstić information content (AvgIpc) is 3.04. The molecule has 29 heavy (non-hydrogen) atoms. The van der Waals surface area contributed by atoms with Crippen molar-refractivity contribution in [3.8, 4) is 0 Å². The van der Waals surface area contributed by atoms with Gasteiger partial charge < -0.3 is 5.11 Å². The number of fused-ring (bicyclic) bond motifs is 4. The normalized spacial score (nSPS) is 43.1. The maximum atomic E-state index is 14.1. The van der Waals surface area contributed by atoms with Crippen LogP contribution in [0.4, 0.5) is 4.39 Å². The van der Waals surface area contributed by atoms with Crippen LogP contribution in [0.2, 0.25) is 0 Å². The van der Waals surface area contributed by atoms with Crippen LogP contribution in [0, 0.1) is 46.8 Å². The molecule has 2 heteroatoms. The van der Waals surface area contributed by atoms with Crippen molar-refractivity contribution in [3.05, 3.63) is 11.1 Å². The molecule has 8 atom stereocenters. The van der Waals surface area contributed by atoms with E-state index in [9.17, 15) is 9.50 Å². The van der Waals surface area contributed by atoms with Crippen LogP contribution in [0.5, 0.6) is 0 Å². The van der Waals surface area contributed by atoms with E-state index in [0.29, 0.717) is 17.3 Å². The Labute approximate surface area is 178 Å². The molecule has 0 aliphatic heterocycles. The van der Waals surface area contributed by atoms with Crippen LogP contribution in [0.3, 0.4) is 0 Å². The van der Waals surface area contributed by atoms with Gasteiger partial charge in [-0.2, -0.15) is 0 Å². The fourth-order valence-electron chi connectivity index (χ4n) is 8.52. The fourth-order valence-corrected chi connectivity index (χ4v) is 8.52. The first-order valence-corrected chi connectivity index (χ1v) is 12.8. The molecule has 1 nitrogen and oxygen atoms in total. The van der Waals surface area contributed by atoms with Gasteiger partial charge in [0, 0.05) is 5.92 Å². The number of hydrogen-bond acceptors (Lipinski definition) is 1. The van der Waals surface area contributed by atoms with Crippen molar-refractivity contribution in [2.24, 2.45) is 46.8 Å². The summed E-state index contributed by atoms with van der Waals surface area (Å²) < 4.78 is 14.1. The molecule has 1 N–H and O–H groups in total. The zero-order valence-corrected chi connectivity index (χ0v) is 19.4. The summed E-state index contributed by atoms with van der Waals surface area (Å²) in [6.07, 6.45) is 13.1. The summed E-state index contributed by atoms with van der Waals surface area (Å²) in [4.78, 5) is 0. The quantitative estimate of drug-likeness (QED) is 0.459. The minimum absolute atomic E-state index is 0.103. The van der Waals surface area contributed by atoms with Crippen molar-refractivity contribution in [2.45, 2.75) is 104 Å². The van der Waals surface area contributed by atoms with E-state index >= 15 is 0 Å². The lowest BCUT2D eigenvalue weighted by atomic mass is 9.51. The molecule has 0 heterocycles. The molecule has 1 unspecified atom stereocenters. The fraction of sp³-hybridized carbons (Fsp3) is 0.926. The van der Waals surface area contributed by atoms with Gasteiger partial charge in [0.05, 0.1) is 12.8 Å². The molecule has 0 amide bonds. The molecule has 0 saturated heterocycles. The van der Waals surface area contributed by atoms with Crippen LogP contribution < -0.4 is 0 Å². The number of aliphatic hydroxyl groups is 1. The van der Waals surface area contributed by atoms with Crippen molar-refractivity contribution in [2.75, 3.05) is 6.67 Å². The third kappa shape index (κ3) is 3.97. The molecule has 0 aromatic heterocycles. The Hall–Kier alpha value is -0.370. The molecule has 2 fully saturated rings. The maximum absolute atomic E-state index is 14.1. The highest BCUT2D eigenvalue weighted by Crippen LogP contribution is 2.65. The largest absolute Gasteiger partial charge is 0.393 e. The van der Waals surface area contributed by atoms with Gasteiger partial charge in [-0.25, -0.2) is 0 Å². The Kier molecular flexibility index (Phi) is 6.51. The van der Waals surface area contributed by atoms with E-state index < -0.39 is 0 Å². The molecule has 0 radical (unpaired) electrons. The van der Waals surface area contributed by atoms with Gasteiger partial charge >= 0.3 is 0 Å². The second-order valence-electron chi connectivity index (χ2n) is 11.9. The molecule has 0 aromatic carbocycles. The SMILES string of the molecule is CC(C)CCC[C@@H](C)[C@H]1CC[C@H]2[C@@H]3CC(CF)C4=C(CC[C@H](O)C4)[C@H]3CC[C@]12C. The van der Waals surface area contributed by atoms with E-state index in [1.165, 1.54) is 50.5 Å². The van der Waals surface area contributed by atoms with Gasteiger partial charge in [0.15, 0.2) is 0 Å². The summed E-state index contributed by atoms with van der Waals surface area (Å²) >= 11 is 0. The molecule has 4 rings (SSSR count). The summed E-state index contributed by atoms with van der Waals surface area (Å²) in [5.41, 5.74) is 3.42. The minimum Gasteiger partial charge on any atom is -0.393 e.